The van der Waals surface area contributed by atoms with Crippen LogP contribution in [0.5, 0.6) is 5.75 Å². The fourth-order valence-electron chi connectivity index (χ4n) is 3.87. The smallest absolute Gasteiger partial charge is 0.243 e. The Morgan fingerprint density at radius 2 is 1.27 bits per heavy atom. The Hall–Kier alpha value is -4.70. The predicted molar refractivity (Wildman–Crippen MR) is 151 cm³/mol. The molecule has 0 aliphatic heterocycles. The minimum Gasteiger partial charge on any atom is -0.508 e. The van der Waals surface area contributed by atoms with Gasteiger partial charge in [-0.3, -0.25) is 19.2 Å². The van der Waals surface area contributed by atoms with Crippen LogP contribution in [0.2, 0.25) is 0 Å². The molecule has 0 heterocycles. The minimum absolute atomic E-state index is 0.106. The first-order valence-corrected chi connectivity index (χ1v) is 13.0. The average Bonchev–Trinajstić information content (AvgIpc) is 2.96. The molecule has 0 saturated heterocycles. The minimum atomic E-state index is -0.984. The number of aromatic hydroxyl groups is 1. The summed E-state index contributed by atoms with van der Waals surface area (Å²) in [4.78, 5) is 50.8. The Balaban J connectivity index is 1.55. The summed E-state index contributed by atoms with van der Waals surface area (Å²) in [6.07, 6.45) is 0.400. The van der Waals surface area contributed by atoms with Gasteiger partial charge in [0.15, 0.2) is 0 Å². The lowest BCUT2D eigenvalue weighted by molar-refractivity contribution is -0.132. The van der Waals surface area contributed by atoms with E-state index in [1.807, 2.05) is 60.7 Å². The topological polar surface area (TPSA) is 163 Å². The molecular formula is C30H35N5O5. The zero-order chi connectivity index (χ0) is 28.9. The van der Waals surface area contributed by atoms with Gasteiger partial charge in [-0.25, -0.2) is 0 Å². The Bertz CT molecular complexity index is 1270. The number of nitrogens with one attached hydrogen (secondary N) is 4. The van der Waals surface area contributed by atoms with Crippen LogP contribution in [-0.4, -0.2) is 53.4 Å². The van der Waals surface area contributed by atoms with Gasteiger partial charge in [-0.2, -0.15) is 0 Å². The van der Waals surface area contributed by atoms with E-state index in [-0.39, 0.29) is 31.0 Å². The molecule has 40 heavy (non-hydrogen) atoms. The van der Waals surface area contributed by atoms with E-state index in [0.29, 0.717) is 6.54 Å². The van der Waals surface area contributed by atoms with Crippen molar-refractivity contribution in [3.8, 4) is 5.75 Å². The lowest BCUT2D eigenvalue weighted by atomic mass is 10.0. The molecule has 3 rings (SSSR count). The highest BCUT2D eigenvalue weighted by molar-refractivity contribution is 5.94. The van der Waals surface area contributed by atoms with Crippen molar-refractivity contribution in [2.45, 2.75) is 44.4 Å². The van der Waals surface area contributed by atoms with Crippen LogP contribution in [0.3, 0.4) is 0 Å². The summed E-state index contributed by atoms with van der Waals surface area (Å²) in [5, 5.41) is 20.0. The number of rotatable bonds is 13. The maximum Gasteiger partial charge on any atom is 0.243 e. The summed E-state index contributed by atoms with van der Waals surface area (Å²) in [5.41, 5.74) is 8.50. The van der Waals surface area contributed by atoms with E-state index in [1.54, 1.807) is 12.1 Å². The average molecular weight is 546 g/mol. The van der Waals surface area contributed by atoms with Gasteiger partial charge in [-0.1, -0.05) is 72.8 Å². The van der Waals surface area contributed by atoms with Crippen molar-refractivity contribution in [3.63, 3.8) is 0 Å². The van der Waals surface area contributed by atoms with Gasteiger partial charge in [-0.15, -0.1) is 0 Å². The zero-order valence-corrected chi connectivity index (χ0v) is 22.3. The van der Waals surface area contributed by atoms with Crippen LogP contribution in [-0.2, 0) is 38.6 Å². The molecule has 10 heteroatoms. The highest BCUT2D eigenvalue weighted by Crippen LogP contribution is 2.11. The molecule has 0 unspecified atom stereocenters. The van der Waals surface area contributed by atoms with Gasteiger partial charge >= 0.3 is 0 Å². The molecule has 0 aromatic heterocycles. The third kappa shape index (κ3) is 9.88. The third-order valence-electron chi connectivity index (χ3n) is 6.15. The van der Waals surface area contributed by atoms with Crippen LogP contribution >= 0.6 is 0 Å². The molecule has 0 aliphatic rings. The second kappa shape index (κ2) is 15.0. The molecule has 0 saturated carbocycles. The first-order chi connectivity index (χ1) is 19.2. The van der Waals surface area contributed by atoms with Crippen LogP contribution < -0.4 is 27.0 Å². The largest absolute Gasteiger partial charge is 0.508 e. The highest BCUT2D eigenvalue weighted by atomic mass is 16.3. The second-order valence-corrected chi connectivity index (χ2v) is 9.44. The van der Waals surface area contributed by atoms with E-state index in [1.165, 1.54) is 19.1 Å². The lowest BCUT2D eigenvalue weighted by Gasteiger charge is -2.22. The molecule has 3 atom stereocenters. The molecule has 4 amide bonds. The van der Waals surface area contributed by atoms with Crippen LogP contribution in [0, 0.1) is 0 Å². The molecule has 7 N–H and O–H groups in total. The summed E-state index contributed by atoms with van der Waals surface area (Å²) in [6.45, 7) is 1.56. The number of hydrogen-bond donors (Lipinski definition) is 6. The third-order valence-corrected chi connectivity index (χ3v) is 6.15. The Labute approximate surface area is 233 Å². The first-order valence-electron chi connectivity index (χ1n) is 13.0. The van der Waals surface area contributed by atoms with Crippen molar-refractivity contribution in [1.29, 1.82) is 0 Å². The number of carbonyl (C=O) groups excluding carboxylic acids is 4. The van der Waals surface area contributed by atoms with Gasteiger partial charge in [0.25, 0.3) is 0 Å². The quantitative estimate of drug-likeness (QED) is 0.187. The second-order valence-electron chi connectivity index (χ2n) is 9.44. The summed E-state index contributed by atoms with van der Waals surface area (Å²) in [7, 11) is 0. The molecule has 0 spiro atoms. The molecule has 10 nitrogen and oxygen atoms in total. The van der Waals surface area contributed by atoms with E-state index < -0.39 is 35.8 Å². The van der Waals surface area contributed by atoms with E-state index >= 15 is 0 Å². The first kappa shape index (κ1) is 29.9. The maximum absolute atomic E-state index is 13.0. The van der Waals surface area contributed by atoms with Crippen LogP contribution in [0.4, 0.5) is 0 Å². The van der Waals surface area contributed by atoms with E-state index in [9.17, 15) is 24.3 Å². The number of phenolic OH excluding ortho intramolecular Hbond substituents is 1. The molecule has 3 aromatic carbocycles. The number of carbonyl (C=O) groups is 4. The molecule has 210 valence electrons. The summed E-state index contributed by atoms with van der Waals surface area (Å²) in [5.74, 6) is -1.90. The van der Waals surface area contributed by atoms with E-state index in [4.69, 9.17) is 5.73 Å². The Morgan fingerprint density at radius 3 is 1.90 bits per heavy atom. The molecule has 0 bridgehead atoms. The number of phenols is 1. The van der Waals surface area contributed by atoms with Crippen molar-refractivity contribution in [3.05, 3.63) is 102 Å². The van der Waals surface area contributed by atoms with Crippen molar-refractivity contribution in [2.75, 3.05) is 6.54 Å². The van der Waals surface area contributed by atoms with Crippen molar-refractivity contribution in [1.82, 2.24) is 21.3 Å². The number of amides is 4. The SMILES string of the molecule is C[C@@H](NC(=O)[C@@H](N)Cc1ccc(O)cc1)C(=O)N[C@@H](Cc1ccccc1)C(=O)NCC(=O)NCc1ccccc1. The molecule has 3 aromatic rings. The van der Waals surface area contributed by atoms with E-state index in [2.05, 4.69) is 21.3 Å². The molecular weight excluding hydrogens is 510 g/mol. The molecule has 0 fully saturated rings. The van der Waals surface area contributed by atoms with Crippen LogP contribution in [0.1, 0.15) is 23.6 Å². The summed E-state index contributed by atoms with van der Waals surface area (Å²) in [6, 6.07) is 22.0. The molecule has 0 aliphatic carbocycles. The van der Waals surface area contributed by atoms with Crippen molar-refractivity contribution in [2.24, 2.45) is 5.73 Å². The fourth-order valence-corrected chi connectivity index (χ4v) is 3.87. The van der Waals surface area contributed by atoms with Crippen LogP contribution in [0.25, 0.3) is 0 Å². The maximum atomic E-state index is 13.0. The highest BCUT2D eigenvalue weighted by Gasteiger charge is 2.26. The van der Waals surface area contributed by atoms with Gasteiger partial charge in [0.05, 0.1) is 12.6 Å². The van der Waals surface area contributed by atoms with Gasteiger partial charge in [0.1, 0.15) is 17.8 Å². The standard InChI is InChI=1S/C30H35N5O5/c1-20(34-29(39)25(31)16-22-12-14-24(36)15-13-22)28(38)35-26(17-21-8-4-2-5-9-21)30(40)33-19-27(37)32-18-23-10-6-3-7-11-23/h2-15,20,25-26,36H,16-19,31H2,1H3,(H,32,37)(H,33,40)(H,34,39)(H,35,38)/t20-,25+,26+/m1/s1. The Kier molecular flexibility index (Phi) is 11.2. The summed E-state index contributed by atoms with van der Waals surface area (Å²) < 4.78 is 0. The fraction of sp³-hybridized carbons (Fsp3) is 0.267. The molecule has 0 radical (unpaired) electrons. The monoisotopic (exact) mass is 545 g/mol. The summed E-state index contributed by atoms with van der Waals surface area (Å²) >= 11 is 0. The number of hydrogen-bond acceptors (Lipinski definition) is 6. The lowest BCUT2D eigenvalue weighted by Crippen LogP contribution is -2.56. The van der Waals surface area contributed by atoms with Gasteiger partial charge < -0.3 is 32.1 Å². The number of nitrogens with two attached hydrogens (primary N) is 1. The number of benzene rings is 3. The van der Waals surface area contributed by atoms with Crippen molar-refractivity contribution >= 4 is 23.6 Å². The van der Waals surface area contributed by atoms with Crippen LogP contribution in [0.15, 0.2) is 84.9 Å². The van der Waals surface area contributed by atoms with Gasteiger partial charge in [-0.05, 0) is 42.2 Å². The normalized spacial score (nSPS) is 12.8. The van der Waals surface area contributed by atoms with Crippen molar-refractivity contribution < 1.29 is 24.3 Å². The zero-order valence-electron chi connectivity index (χ0n) is 22.3. The van der Waals surface area contributed by atoms with E-state index in [0.717, 1.165) is 16.7 Å². The Morgan fingerprint density at radius 1 is 0.700 bits per heavy atom. The predicted octanol–water partition coefficient (Wildman–Crippen LogP) is 0.927. The van der Waals surface area contributed by atoms with Gasteiger partial charge in [0.2, 0.25) is 23.6 Å². The van der Waals surface area contributed by atoms with Gasteiger partial charge in [0, 0.05) is 13.0 Å².